The van der Waals surface area contributed by atoms with Gasteiger partial charge in [-0.15, -0.1) is 0 Å². The molecule has 4 rings (SSSR count). The summed E-state index contributed by atoms with van der Waals surface area (Å²) in [4.78, 5) is 19.7. The Morgan fingerprint density at radius 1 is 0.862 bits per heavy atom. The first-order valence-corrected chi connectivity index (χ1v) is 9.26. The molecule has 7 heteroatoms. The number of nitrogens with zero attached hydrogens (tertiary/aromatic N) is 3. The molecule has 0 aliphatic carbocycles. The molecule has 0 spiro atoms. The number of aromatic nitrogens is 2. The maximum Gasteiger partial charge on any atom is 0.353 e. The Bertz CT molecular complexity index is 1190. The van der Waals surface area contributed by atoms with Gasteiger partial charge in [0, 0.05) is 16.8 Å². The zero-order valence-electron chi connectivity index (χ0n) is 15.8. The van der Waals surface area contributed by atoms with E-state index in [4.69, 9.17) is 0 Å². The van der Waals surface area contributed by atoms with Crippen molar-refractivity contribution in [3.05, 3.63) is 88.7 Å². The van der Waals surface area contributed by atoms with Gasteiger partial charge >= 0.3 is 5.69 Å². The number of anilines is 4. The van der Waals surface area contributed by atoms with Crippen LogP contribution in [-0.2, 0) is 6.42 Å². The van der Waals surface area contributed by atoms with Crippen LogP contribution in [-0.4, -0.2) is 14.9 Å². The average molecular weight is 385 g/mol. The van der Waals surface area contributed by atoms with E-state index >= 15 is 0 Å². The average Bonchev–Trinajstić information content (AvgIpc) is 2.74. The molecule has 0 bridgehead atoms. The van der Waals surface area contributed by atoms with E-state index in [0.717, 1.165) is 34.1 Å². The van der Waals surface area contributed by atoms with Crippen LogP contribution in [0.2, 0.25) is 0 Å². The molecule has 0 saturated heterocycles. The molecule has 1 heterocycles. The lowest BCUT2D eigenvalue weighted by Gasteiger charge is -2.13. The second-order valence-corrected chi connectivity index (χ2v) is 6.46. The minimum Gasteiger partial charge on any atom is -0.334 e. The maximum atomic E-state index is 11.9. The molecule has 7 nitrogen and oxygen atoms in total. The zero-order chi connectivity index (χ0) is 20.2. The lowest BCUT2D eigenvalue weighted by molar-refractivity contribution is -0.383. The summed E-state index contributed by atoms with van der Waals surface area (Å²) >= 11 is 0. The minimum absolute atomic E-state index is 0.137. The van der Waals surface area contributed by atoms with E-state index in [1.807, 2.05) is 73.7 Å². The normalized spacial score (nSPS) is 10.7. The van der Waals surface area contributed by atoms with Crippen LogP contribution in [0.3, 0.4) is 0 Å². The summed E-state index contributed by atoms with van der Waals surface area (Å²) in [5.41, 5.74) is 2.37. The van der Waals surface area contributed by atoms with Crippen molar-refractivity contribution in [3.8, 4) is 0 Å². The summed E-state index contributed by atoms with van der Waals surface area (Å²) in [6.45, 7) is 2.03. The fraction of sp³-hybridized carbons (Fsp3) is 0.0909. The number of fused-ring (bicyclic) bond motifs is 1. The van der Waals surface area contributed by atoms with Gasteiger partial charge in [0.1, 0.15) is 6.33 Å². The predicted octanol–water partition coefficient (Wildman–Crippen LogP) is 5.59. The molecule has 29 heavy (non-hydrogen) atoms. The third kappa shape index (κ3) is 3.70. The Balaban J connectivity index is 1.77. The van der Waals surface area contributed by atoms with Crippen LogP contribution < -0.4 is 10.6 Å². The molecule has 0 aliphatic heterocycles. The van der Waals surface area contributed by atoms with Gasteiger partial charge in [0.15, 0.2) is 0 Å². The first-order chi connectivity index (χ1) is 14.2. The Labute approximate surface area is 167 Å². The number of hydrogen-bond donors (Lipinski definition) is 2. The fourth-order valence-electron chi connectivity index (χ4n) is 3.27. The molecular weight excluding hydrogens is 366 g/mol. The van der Waals surface area contributed by atoms with E-state index in [9.17, 15) is 10.1 Å². The Morgan fingerprint density at radius 2 is 1.48 bits per heavy atom. The number of rotatable bonds is 6. The van der Waals surface area contributed by atoms with Crippen LogP contribution >= 0.6 is 0 Å². The summed E-state index contributed by atoms with van der Waals surface area (Å²) < 4.78 is 0. The standard InChI is InChI=1S/C22H19N5O2/c1-2-15-8-4-6-12-18(15)25-21-20(27(28)29)22(24-14-23-21)26-19-13-7-10-16-9-3-5-11-17(16)19/h3-14H,2H2,1H3,(H2,23,24,25,26). The second kappa shape index (κ2) is 7.93. The smallest absolute Gasteiger partial charge is 0.334 e. The van der Waals surface area contributed by atoms with Gasteiger partial charge in [0.2, 0.25) is 11.6 Å². The van der Waals surface area contributed by atoms with Crippen molar-refractivity contribution < 1.29 is 4.92 Å². The van der Waals surface area contributed by atoms with Crippen LogP contribution in [0.25, 0.3) is 10.8 Å². The van der Waals surface area contributed by atoms with Crippen LogP contribution in [0.15, 0.2) is 73.1 Å². The highest BCUT2D eigenvalue weighted by atomic mass is 16.6. The number of nitro groups is 1. The molecule has 0 aliphatic rings. The number of benzene rings is 3. The molecule has 0 unspecified atom stereocenters. The lowest BCUT2D eigenvalue weighted by atomic mass is 10.1. The highest BCUT2D eigenvalue weighted by Crippen LogP contribution is 2.35. The van der Waals surface area contributed by atoms with Crippen LogP contribution in [0, 0.1) is 10.1 Å². The topological polar surface area (TPSA) is 93.0 Å². The monoisotopic (exact) mass is 385 g/mol. The van der Waals surface area contributed by atoms with Crippen LogP contribution in [0.4, 0.5) is 28.7 Å². The van der Waals surface area contributed by atoms with Gasteiger partial charge in [-0.05, 0) is 29.5 Å². The molecular formula is C22H19N5O2. The molecule has 2 N–H and O–H groups in total. The molecule has 0 atom stereocenters. The number of para-hydroxylation sites is 1. The van der Waals surface area contributed by atoms with Crippen molar-refractivity contribution in [1.82, 2.24) is 9.97 Å². The quantitative estimate of drug-likeness (QED) is 0.332. The van der Waals surface area contributed by atoms with Gasteiger partial charge in [-0.25, -0.2) is 9.97 Å². The molecule has 3 aromatic carbocycles. The number of nitrogens with one attached hydrogen (secondary N) is 2. The van der Waals surface area contributed by atoms with E-state index in [-0.39, 0.29) is 17.3 Å². The van der Waals surface area contributed by atoms with E-state index in [1.165, 1.54) is 6.33 Å². The van der Waals surface area contributed by atoms with Crippen molar-refractivity contribution in [2.24, 2.45) is 0 Å². The molecule has 4 aromatic rings. The van der Waals surface area contributed by atoms with Gasteiger partial charge in [-0.3, -0.25) is 10.1 Å². The zero-order valence-corrected chi connectivity index (χ0v) is 15.8. The van der Waals surface area contributed by atoms with Crippen molar-refractivity contribution in [1.29, 1.82) is 0 Å². The van der Waals surface area contributed by atoms with Gasteiger partial charge in [-0.2, -0.15) is 0 Å². The molecule has 0 amide bonds. The Kier molecular flexibility index (Phi) is 5.03. The first kappa shape index (κ1) is 18.4. The summed E-state index contributed by atoms with van der Waals surface area (Å²) in [7, 11) is 0. The third-order valence-electron chi connectivity index (χ3n) is 4.70. The predicted molar refractivity (Wildman–Crippen MR) is 115 cm³/mol. The van der Waals surface area contributed by atoms with Gasteiger partial charge in [0.25, 0.3) is 0 Å². The SMILES string of the molecule is CCc1ccccc1Nc1ncnc(Nc2cccc3ccccc23)c1[N+](=O)[O-]. The van der Waals surface area contributed by atoms with Crippen molar-refractivity contribution in [3.63, 3.8) is 0 Å². The lowest BCUT2D eigenvalue weighted by Crippen LogP contribution is -2.06. The summed E-state index contributed by atoms with van der Waals surface area (Å²) in [6.07, 6.45) is 2.11. The molecule has 144 valence electrons. The first-order valence-electron chi connectivity index (χ1n) is 9.26. The summed E-state index contributed by atoms with van der Waals surface area (Å²) in [5.74, 6) is 0.284. The van der Waals surface area contributed by atoms with Crippen molar-refractivity contribution in [2.45, 2.75) is 13.3 Å². The van der Waals surface area contributed by atoms with Crippen LogP contribution in [0.1, 0.15) is 12.5 Å². The summed E-state index contributed by atoms with van der Waals surface area (Å²) in [6, 6.07) is 21.3. The van der Waals surface area contributed by atoms with Gasteiger partial charge < -0.3 is 10.6 Å². The third-order valence-corrected chi connectivity index (χ3v) is 4.70. The Morgan fingerprint density at radius 3 is 2.24 bits per heavy atom. The molecule has 1 aromatic heterocycles. The van der Waals surface area contributed by atoms with E-state index in [2.05, 4.69) is 20.6 Å². The van der Waals surface area contributed by atoms with E-state index in [1.54, 1.807) is 0 Å². The highest BCUT2D eigenvalue weighted by Gasteiger charge is 2.24. The highest BCUT2D eigenvalue weighted by molar-refractivity contribution is 5.96. The maximum absolute atomic E-state index is 11.9. The minimum atomic E-state index is -0.468. The molecule has 0 radical (unpaired) electrons. The van der Waals surface area contributed by atoms with Crippen molar-refractivity contribution >= 4 is 39.5 Å². The molecule has 0 fully saturated rings. The van der Waals surface area contributed by atoms with Gasteiger partial charge in [-0.1, -0.05) is 61.5 Å². The number of aryl methyl sites for hydroxylation is 1. The van der Waals surface area contributed by atoms with Crippen molar-refractivity contribution in [2.75, 3.05) is 10.6 Å². The number of hydrogen-bond acceptors (Lipinski definition) is 6. The largest absolute Gasteiger partial charge is 0.353 e. The molecule has 0 saturated carbocycles. The Hall–Kier alpha value is -4.00. The van der Waals surface area contributed by atoms with E-state index < -0.39 is 4.92 Å². The summed E-state index contributed by atoms with van der Waals surface area (Å²) in [5, 5.41) is 20.1. The fourth-order valence-corrected chi connectivity index (χ4v) is 3.27. The van der Waals surface area contributed by atoms with E-state index in [0.29, 0.717) is 0 Å². The van der Waals surface area contributed by atoms with Gasteiger partial charge in [0.05, 0.1) is 4.92 Å². The van der Waals surface area contributed by atoms with Crippen LogP contribution in [0.5, 0.6) is 0 Å². The second-order valence-electron chi connectivity index (χ2n) is 6.46.